The highest BCUT2D eigenvalue weighted by Crippen LogP contribution is 2.41. The summed E-state index contributed by atoms with van der Waals surface area (Å²) in [5.74, 6) is -0.751. The largest absolute Gasteiger partial charge is 0.462 e. The van der Waals surface area contributed by atoms with E-state index in [1.165, 1.54) is 16.7 Å². The lowest BCUT2D eigenvalue weighted by Gasteiger charge is -2.35. The lowest BCUT2D eigenvalue weighted by Crippen LogP contribution is -2.48. The molecular weight excluding hydrogens is 412 g/mol. The number of ether oxygens (including phenoxy) is 1. The maximum absolute atomic E-state index is 13.5. The number of hydrogen-bond donors (Lipinski definition) is 0. The van der Waals surface area contributed by atoms with Crippen LogP contribution in [0.25, 0.3) is 0 Å². The third-order valence-electron chi connectivity index (χ3n) is 5.76. The van der Waals surface area contributed by atoms with Crippen LogP contribution in [0.5, 0.6) is 0 Å². The molecule has 0 aliphatic carbocycles. The summed E-state index contributed by atoms with van der Waals surface area (Å²) in [4.78, 5) is 44.1. The number of carbonyl (C=O) groups is 3. The number of rotatable bonds is 4. The molecule has 0 unspecified atom stereocenters. The zero-order valence-electron chi connectivity index (χ0n) is 17.8. The minimum absolute atomic E-state index is 0.0582. The van der Waals surface area contributed by atoms with Gasteiger partial charge in [0.05, 0.1) is 23.4 Å². The van der Waals surface area contributed by atoms with E-state index in [0.29, 0.717) is 23.4 Å². The lowest BCUT2D eigenvalue weighted by molar-refractivity contribution is -0.132. The molecule has 4 rings (SSSR count). The van der Waals surface area contributed by atoms with E-state index in [-0.39, 0.29) is 31.0 Å². The maximum atomic E-state index is 13.5. The average Bonchev–Trinajstić information content (AvgIpc) is 2.88. The first kappa shape index (κ1) is 21.4. The van der Waals surface area contributed by atoms with Gasteiger partial charge in [0.15, 0.2) is 0 Å². The third kappa shape index (κ3) is 4.32. The van der Waals surface area contributed by atoms with E-state index in [1.54, 1.807) is 25.1 Å². The molecule has 2 aromatic rings. The minimum Gasteiger partial charge on any atom is -0.462 e. The van der Waals surface area contributed by atoms with Gasteiger partial charge < -0.3 is 9.64 Å². The van der Waals surface area contributed by atoms with Gasteiger partial charge >= 0.3 is 5.97 Å². The van der Waals surface area contributed by atoms with Crippen LogP contribution in [0.4, 0.5) is 5.69 Å². The van der Waals surface area contributed by atoms with Crippen molar-refractivity contribution >= 4 is 35.2 Å². The molecule has 7 heteroatoms. The summed E-state index contributed by atoms with van der Waals surface area (Å²) in [5.41, 5.74) is 1.49. The molecule has 6 nitrogen and oxygen atoms in total. The molecule has 0 aromatic heterocycles. The Bertz CT molecular complexity index is 1020. The Hall–Kier alpha value is -2.80. The van der Waals surface area contributed by atoms with Crippen LogP contribution < -0.4 is 4.90 Å². The molecule has 2 heterocycles. The van der Waals surface area contributed by atoms with Crippen LogP contribution in [0.1, 0.15) is 53.8 Å². The van der Waals surface area contributed by atoms with Gasteiger partial charge in [0.25, 0.3) is 5.91 Å². The minimum atomic E-state index is -0.444. The van der Waals surface area contributed by atoms with Gasteiger partial charge in [-0.05, 0) is 63.4 Å². The smallest absolute Gasteiger partial charge is 0.338 e. The second kappa shape index (κ2) is 9.14. The van der Waals surface area contributed by atoms with Gasteiger partial charge in [-0.2, -0.15) is 0 Å². The highest BCUT2D eigenvalue weighted by molar-refractivity contribution is 7.99. The van der Waals surface area contributed by atoms with Gasteiger partial charge in [0.2, 0.25) is 5.91 Å². The normalized spacial score (nSPS) is 18.1. The second-order valence-electron chi connectivity index (χ2n) is 7.82. The Balaban J connectivity index is 1.74. The van der Waals surface area contributed by atoms with E-state index in [4.69, 9.17) is 4.74 Å². The Morgan fingerprint density at radius 2 is 1.94 bits per heavy atom. The van der Waals surface area contributed by atoms with Gasteiger partial charge in [0, 0.05) is 22.4 Å². The van der Waals surface area contributed by atoms with Crippen LogP contribution in [0.3, 0.4) is 0 Å². The van der Waals surface area contributed by atoms with Gasteiger partial charge in [0.1, 0.15) is 6.54 Å². The van der Waals surface area contributed by atoms with Crippen LogP contribution in [0.2, 0.25) is 0 Å². The van der Waals surface area contributed by atoms with E-state index in [1.807, 2.05) is 29.2 Å². The lowest BCUT2D eigenvalue weighted by atomic mass is 10.0. The predicted octanol–water partition coefficient (Wildman–Crippen LogP) is 4.38. The average molecular weight is 439 g/mol. The molecule has 0 saturated carbocycles. The number of carbonyl (C=O) groups excluding carboxylic acids is 3. The molecule has 2 aromatic carbocycles. The Morgan fingerprint density at radius 3 is 2.71 bits per heavy atom. The molecule has 2 amide bonds. The molecule has 1 fully saturated rings. The number of hydrogen-bond acceptors (Lipinski definition) is 5. The van der Waals surface area contributed by atoms with Crippen molar-refractivity contribution in [1.82, 2.24) is 4.90 Å². The van der Waals surface area contributed by atoms with Crippen molar-refractivity contribution in [3.8, 4) is 0 Å². The number of benzene rings is 2. The Labute approximate surface area is 186 Å². The van der Waals surface area contributed by atoms with Crippen molar-refractivity contribution in [1.29, 1.82) is 0 Å². The summed E-state index contributed by atoms with van der Waals surface area (Å²) >= 11 is 1.47. The third-order valence-corrected chi connectivity index (χ3v) is 6.90. The molecule has 1 atom stereocenters. The fourth-order valence-corrected chi connectivity index (χ4v) is 5.17. The zero-order valence-corrected chi connectivity index (χ0v) is 18.6. The molecule has 0 radical (unpaired) electrons. The van der Waals surface area contributed by atoms with Crippen LogP contribution >= 0.6 is 11.8 Å². The molecule has 0 bridgehead atoms. The van der Waals surface area contributed by atoms with Gasteiger partial charge in [-0.1, -0.05) is 23.9 Å². The molecule has 1 saturated heterocycles. The molecule has 162 valence electrons. The predicted molar refractivity (Wildman–Crippen MR) is 120 cm³/mol. The van der Waals surface area contributed by atoms with Crippen molar-refractivity contribution in [2.45, 2.75) is 48.9 Å². The van der Waals surface area contributed by atoms with Crippen molar-refractivity contribution in [3.05, 3.63) is 53.6 Å². The number of anilines is 1. The van der Waals surface area contributed by atoms with Crippen molar-refractivity contribution in [2.24, 2.45) is 0 Å². The fraction of sp³-hybridized carbons (Fsp3) is 0.375. The number of piperidine rings is 1. The van der Waals surface area contributed by atoms with E-state index in [0.717, 1.165) is 29.1 Å². The van der Waals surface area contributed by atoms with E-state index >= 15 is 0 Å². The van der Waals surface area contributed by atoms with Crippen LogP contribution in [0, 0.1) is 0 Å². The van der Waals surface area contributed by atoms with Crippen LogP contribution in [-0.2, 0) is 9.53 Å². The second-order valence-corrected chi connectivity index (χ2v) is 8.91. The number of nitrogens with zero attached hydrogens (tertiary/aromatic N) is 2. The maximum Gasteiger partial charge on any atom is 0.338 e. The summed E-state index contributed by atoms with van der Waals surface area (Å²) in [6.45, 7) is 4.73. The standard InChI is InChI=1S/C24H26N2O4S/c1-3-30-24(29)17-11-12-21-19(14-17)26(15-22(27)25-13-7-6-8-16(25)2)23(28)18-9-4-5-10-20(18)31-21/h4-5,9-12,14,16H,3,6-8,13,15H2,1-2H3/t16-/m1/s1. The first-order valence-corrected chi connectivity index (χ1v) is 11.5. The van der Waals surface area contributed by atoms with Gasteiger partial charge in [-0.15, -0.1) is 0 Å². The summed E-state index contributed by atoms with van der Waals surface area (Å²) in [6.07, 6.45) is 3.07. The number of amides is 2. The van der Waals surface area contributed by atoms with E-state index in [9.17, 15) is 14.4 Å². The monoisotopic (exact) mass is 438 g/mol. The Morgan fingerprint density at radius 1 is 1.13 bits per heavy atom. The van der Waals surface area contributed by atoms with Gasteiger partial charge in [-0.3, -0.25) is 14.5 Å². The molecule has 31 heavy (non-hydrogen) atoms. The SMILES string of the molecule is CCOC(=O)c1ccc2c(c1)N(CC(=O)N1CCCC[C@H]1C)C(=O)c1ccccc1S2. The van der Waals surface area contributed by atoms with Crippen LogP contribution in [0.15, 0.2) is 52.3 Å². The zero-order chi connectivity index (χ0) is 22.0. The highest BCUT2D eigenvalue weighted by atomic mass is 32.2. The molecule has 0 N–H and O–H groups in total. The quantitative estimate of drug-likeness (QED) is 0.663. The van der Waals surface area contributed by atoms with Crippen LogP contribution in [-0.4, -0.2) is 48.4 Å². The van der Waals surface area contributed by atoms with Gasteiger partial charge in [-0.25, -0.2) is 4.79 Å². The first-order valence-electron chi connectivity index (χ1n) is 10.7. The fourth-order valence-electron chi connectivity index (χ4n) is 4.11. The molecule has 0 spiro atoms. The number of fused-ring (bicyclic) bond motifs is 2. The summed E-state index contributed by atoms with van der Waals surface area (Å²) in [6, 6.07) is 12.7. The van der Waals surface area contributed by atoms with Crippen molar-refractivity contribution < 1.29 is 19.1 Å². The molecule has 2 aliphatic heterocycles. The summed E-state index contributed by atoms with van der Waals surface area (Å²) in [7, 11) is 0. The number of esters is 1. The summed E-state index contributed by atoms with van der Waals surface area (Å²) < 4.78 is 5.14. The highest BCUT2D eigenvalue weighted by Gasteiger charge is 2.32. The van der Waals surface area contributed by atoms with E-state index in [2.05, 4.69) is 6.92 Å². The molecule has 2 aliphatic rings. The van der Waals surface area contributed by atoms with E-state index < -0.39 is 5.97 Å². The number of likely N-dealkylation sites (tertiary alicyclic amines) is 1. The molecular formula is C24H26N2O4S. The topological polar surface area (TPSA) is 66.9 Å². The Kier molecular flexibility index (Phi) is 6.32. The summed E-state index contributed by atoms with van der Waals surface area (Å²) in [5, 5.41) is 0. The van der Waals surface area contributed by atoms with Crippen molar-refractivity contribution in [2.75, 3.05) is 24.6 Å². The van der Waals surface area contributed by atoms with Crippen molar-refractivity contribution in [3.63, 3.8) is 0 Å². The first-order chi connectivity index (χ1) is 15.0.